The number of para-hydroxylation sites is 3. The highest BCUT2D eigenvalue weighted by Gasteiger charge is 2.20. The minimum atomic E-state index is 0.627. The fourth-order valence-electron chi connectivity index (χ4n) is 15.3. The van der Waals surface area contributed by atoms with Gasteiger partial charge in [-0.2, -0.15) is 0 Å². The molecule has 22 aromatic rings. The molecule has 0 spiro atoms. The largest absolute Gasteiger partial charge is 0.243 e. The summed E-state index contributed by atoms with van der Waals surface area (Å²) >= 11 is 3.35. The van der Waals surface area contributed by atoms with Crippen LogP contribution in [0.5, 0.6) is 0 Å². The first-order chi connectivity index (χ1) is 58.4. The Morgan fingerprint density at radius 3 is 0.907 bits per heavy atom. The van der Waals surface area contributed by atoms with Crippen molar-refractivity contribution < 1.29 is 0 Å². The summed E-state index contributed by atoms with van der Waals surface area (Å²) in [5, 5.41) is 3.32. The van der Waals surface area contributed by atoms with Crippen LogP contribution in [0.25, 0.3) is 220 Å². The standard InChI is InChI=1S/C53H33N5S.C52H32N6S/c1-3-10-34(11-4-1)35-22-26-40(27-23-35)51-56-50(39-12-5-2-6-13-39)57-52(58-51)41-28-24-37(25-29-41)43-15-9-14-42(32-43)36-18-20-38(21-19-36)44-30-31-45-48(33-44)59-53-49(45)54-46-16-7-8-17-47(46)55-53;1-3-10-33(11-4-1)34-20-26-39(27-21-34)50-56-49(38-12-5-2-6-13-38)57-51(58-50)40-28-22-36(23-29-40)42-16-9-15-41(30-42)35-18-24-37(25-19-35)46-48-47(54-32-53-46)44-31-43-14-7-8-17-45(43)55-52(44)59-48/h1-33H;1-32H. The van der Waals surface area contributed by atoms with Crippen LogP contribution in [-0.2, 0) is 0 Å². The monoisotopic (exact) mass is 1540 g/mol. The molecule has 22 rings (SSSR count). The first-order valence-electron chi connectivity index (χ1n) is 39.0. The predicted molar refractivity (Wildman–Crippen MR) is 486 cm³/mol. The zero-order valence-electron chi connectivity index (χ0n) is 63.3. The third kappa shape index (κ3) is 14.1. The molecule has 0 amide bonds. The van der Waals surface area contributed by atoms with E-state index in [2.05, 4.69) is 284 Å². The van der Waals surface area contributed by atoms with Crippen LogP contribution in [0.1, 0.15) is 0 Å². The third-order valence-corrected chi connectivity index (χ3v) is 23.6. The summed E-state index contributed by atoms with van der Waals surface area (Å²) in [6.07, 6.45) is 1.66. The Balaban J connectivity index is 0.000000147. The van der Waals surface area contributed by atoms with Gasteiger partial charge in [0.1, 0.15) is 21.5 Å². The van der Waals surface area contributed by atoms with Crippen LogP contribution in [0.3, 0.4) is 0 Å². The third-order valence-electron chi connectivity index (χ3n) is 21.5. The lowest BCUT2D eigenvalue weighted by Crippen LogP contribution is -2.00. The van der Waals surface area contributed by atoms with E-state index < -0.39 is 0 Å². The van der Waals surface area contributed by atoms with Crippen molar-refractivity contribution in [2.45, 2.75) is 0 Å². The average Bonchev–Trinajstić information content (AvgIpc) is 1.60. The number of thiophene rings is 2. The number of benzene rings is 15. The van der Waals surface area contributed by atoms with Crippen molar-refractivity contribution in [3.8, 4) is 157 Å². The van der Waals surface area contributed by atoms with Gasteiger partial charge in [-0.1, -0.05) is 346 Å². The van der Waals surface area contributed by atoms with Crippen molar-refractivity contribution in [2.75, 3.05) is 0 Å². The van der Waals surface area contributed by atoms with Gasteiger partial charge >= 0.3 is 0 Å². The van der Waals surface area contributed by atoms with Gasteiger partial charge in [-0.25, -0.2) is 54.8 Å². The van der Waals surface area contributed by atoms with Crippen molar-refractivity contribution in [1.82, 2.24) is 54.8 Å². The molecule has 0 N–H and O–H groups in total. The van der Waals surface area contributed by atoms with Gasteiger partial charge in [0.25, 0.3) is 0 Å². The Labute approximate surface area is 687 Å². The van der Waals surface area contributed by atoms with Gasteiger partial charge in [0.2, 0.25) is 0 Å². The number of nitrogens with zero attached hydrogens (tertiary/aromatic N) is 11. The summed E-state index contributed by atoms with van der Waals surface area (Å²) in [6.45, 7) is 0. The average molecular weight is 1540 g/mol. The van der Waals surface area contributed by atoms with Crippen LogP contribution in [-0.4, -0.2) is 54.8 Å². The summed E-state index contributed by atoms with van der Waals surface area (Å²) in [5.74, 6) is 3.82. The van der Waals surface area contributed by atoms with E-state index in [0.717, 1.165) is 153 Å². The topological polar surface area (TPSA) is 142 Å². The molecule has 15 aromatic carbocycles. The van der Waals surface area contributed by atoms with Crippen LogP contribution in [0.4, 0.5) is 0 Å². The second kappa shape index (κ2) is 30.8. The lowest BCUT2D eigenvalue weighted by atomic mass is 9.96. The molecule has 0 atom stereocenters. The van der Waals surface area contributed by atoms with Crippen LogP contribution < -0.4 is 0 Å². The van der Waals surface area contributed by atoms with Crippen LogP contribution in [0.2, 0.25) is 0 Å². The van der Waals surface area contributed by atoms with Crippen molar-refractivity contribution in [2.24, 2.45) is 0 Å². The molecule has 11 nitrogen and oxygen atoms in total. The summed E-state index contributed by atoms with van der Waals surface area (Å²) in [7, 11) is 0. The SMILES string of the molecule is c1ccc(-c2ccc(-c3nc(-c4ccccc4)nc(-c4ccc(-c5cccc(-c6ccc(-c7ccc8c(c7)sc7nc9ccccc9nc78)cc6)c5)cc4)n3)cc2)cc1.c1ccc(-c2ccc(-c3nc(-c4ccccc4)nc(-c4ccc(-c5cccc(-c6ccc(-c7ncnc8c7sc7nc9ccccc9cc78)cc6)c5)cc4)n3)cc2)cc1. The van der Waals surface area contributed by atoms with E-state index in [9.17, 15) is 0 Å². The second-order valence-electron chi connectivity index (χ2n) is 28.9. The molecule has 0 aliphatic heterocycles. The summed E-state index contributed by atoms with van der Waals surface area (Å²) in [6, 6.07) is 135. The lowest BCUT2D eigenvalue weighted by molar-refractivity contribution is 1.07. The highest BCUT2D eigenvalue weighted by molar-refractivity contribution is 7.26. The molecule has 0 bridgehead atoms. The van der Waals surface area contributed by atoms with E-state index in [4.69, 9.17) is 49.8 Å². The second-order valence-corrected chi connectivity index (χ2v) is 30.9. The van der Waals surface area contributed by atoms with Crippen LogP contribution in [0, 0.1) is 0 Å². The van der Waals surface area contributed by atoms with Crippen LogP contribution >= 0.6 is 22.7 Å². The Hall–Kier alpha value is -15.4. The summed E-state index contributed by atoms with van der Waals surface area (Å²) in [4.78, 5) is 55.9. The molecule has 0 aliphatic carbocycles. The number of aromatic nitrogens is 11. The first kappa shape index (κ1) is 70.5. The zero-order valence-corrected chi connectivity index (χ0v) is 64.9. The molecular weight excluding hydrogens is 1480 g/mol. The van der Waals surface area contributed by atoms with Crippen LogP contribution in [0.15, 0.2) is 395 Å². The molecule has 0 saturated heterocycles. The molecule has 13 heteroatoms. The Kier molecular flexibility index (Phi) is 18.4. The summed E-state index contributed by atoms with van der Waals surface area (Å²) in [5.41, 5.74) is 28.4. The van der Waals surface area contributed by atoms with E-state index in [1.54, 1.807) is 29.0 Å². The number of hydrogen-bond donors (Lipinski definition) is 0. The maximum absolute atomic E-state index is 4.99. The molecule has 0 radical (unpaired) electrons. The normalized spacial score (nSPS) is 11.4. The Morgan fingerprint density at radius 1 is 0.178 bits per heavy atom. The van der Waals surface area contributed by atoms with Gasteiger partial charge in [0.05, 0.1) is 32.5 Å². The van der Waals surface area contributed by atoms with Gasteiger partial charge < -0.3 is 0 Å². The fourth-order valence-corrected chi connectivity index (χ4v) is 17.5. The predicted octanol–water partition coefficient (Wildman–Crippen LogP) is 27.1. The van der Waals surface area contributed by atoms with E-state index in [0.29, 0.717) is 34.9 Å². The number of fused-ring (bicyclic) bond motifs is 8. The van der Waals surface area contributed by atoms with E-state index in [1.807, 2.05) is 109 Å². The van der Waals surface area contributed by atoms with Crippen molar-refractivity contribution >= 4 is 85.5 Å². The number of rotatable bonds is 14. The zero-order chi connectivity index (χ0) is 78.2. The molecule has 0 unspecified atom stereocenters. The maximum atomic E-state index is 4.99. The summed E-state index contributed by atoms with van der Waals surface area (Å²) < 4.78 is 2.24. The van der Waals surface area contributed by atoms with E-state index in [-0.39, 0.29) is 0 Å². The quantitative estimate of drug-likeness (QED) is 0.103. The molecule has 0 aliphatic rings. The molecule has 7 heterocycles. The first-order valence-corrected chi connectivity index (χ1v) is 40.6. The van der Waals surface area contributed by atoms with Gasteiger partial charge in [-0.15, -0.1) is 22.7 Å². The minimum Gasteiger partial charge on any atom is -0.243 e. The highest BCUT2D eigenvalue weighted by atomic mass is 32.1. The number of pyridine rings is 1. The maximum Gasteiger partial charge on any atom is 0.164 e. The van der Waals surface area contributed by atoms with Crippen molar-refractivity contribution in [3.63, 3.8) is 0 Å². The molecule has 118 heavy (non-hydrogen) atoms. The lowest BCUT2D eigenvalue weighted by Gasteiger charge is -2.10. The molecule has 7 aromatic heterocycles. The van der Waals surface area contributed by atoms with Crippen molar-refractivity contribution in [1.29, 1.82) is 0 Å². The van der Waals surface area contributed by atoms with Crippen molar-refractivity contribution in [3.05, 3.63) is 395 Å². The van der Waals surface area contributed by atoms with E-state index in [1.165, 1.54) is 32.5 Å². The highest BCUT2D eigenvalue weighted by Crippen LogP contribution is 2.42. The molecule has 0 saturated carbocycles. The number of hydrogen-bond acceptors (Lipinski definition) is 13. The Morgan fingerprint density at radius 2 is 0.483 bits per heavy atom. The van der Waals surface area contributed by atoms with Gasteiger partial charge in [-0.05, 0) is 120 Å². The molecular formula is C105H65N11S2. The Bertz CT molecular complexity index is 7480. The smallest absolute Gasteiger partial charge is 0.164 e. The molecule has 552 valence electrons. The van der Waals surface area contributed by atoms with Gasteiger partial charge in [-0.3, -0.25) is 0 Å². The van der Waals surface area contributed by atoms with E-state index >= 15 is 0 Å². The fraction of sp³-hybridized carbons (Fsp3) is 0. The van der Waals surface area contributed by atoms with Gasteiger partial charge in [0, 0.05) is 59.8 Å². The minimum absolute atomic E-state index is 0.627. The molecule has 0 fully saturated rings. The van der Waals surface area contributed by atoms with Gasteiger partial charge in [0.15, 0.2) is 34.9 Å².